The summed E-state index contributed by atoms with van der Waals surface area (Å²) in [6, 6.07) is 0. The molecule has 0 aromatic carbocycles. The average Bonchev–Trinajstić information content (AvgIpc) is 2.32. The van der Waals surface area contributed by atoms with Gasteiger partial charge < -0.3 is 10.6 Å². The lowest BCUT2D eigenvalue weighted by Crippen LogP contribution is -2.36. The summed E-state index contributed by atoms with van der Waals surface area (Å²) in [5, 5.41) is 6.66. The highest BCUT2D eigenvalue weighted by atomic mass is 15.1. The highest BCUT2D eigenvalue weighted by molar-refractivity contribution is 5.57. The van der Waals surface area contributed by atoms with Crippen LogP contribution in [0.5, 0.6) is 0 Å². The zero-order chi connectivity index (χ0) is 13.2. The van der Waals surface area contributed by atoms with Crippen LogP contribution in [0, 0.1) is 19.3 Å². The quantitative estimate of drug-likeness (QED) is 0.840. The summed E-state index contributed by atoms with van der Waals surface area (Å²) in [5.41, 5.74) is 1.61. The molecule has 1 saturated carbocycles. The van der Waals surface area contributed by atoms with Crippen molar-refractivity contribution >= 4 is 11.6 Å². The van der Waals surface area contributed by atoms with Gasteiger partial charge in [-0.25, -0.2) is 9.97 Å². The number of hydrogen-bond donors (Lipinski definition) is 2. The van der Waals surface area contributed by atoms with Gasteiger partial charge in [-0.1, -0.05) is 13.3 Å². The van der Waals surface area contributed by atoms with Crippen LogP contribution in [-0.2, 0) is 0 Å². The third-order valence-electron chi connectivity index (χ3n) is 4.29. The van der Waals surface area contributed by atoms with Crippen molar-refractivity contribution in [2.45, 2.75) is 46.5 Å². The summed E-state index contributed by atoms with van der Waals surface area (Å²) in [4.78, 5) is 8.90. The summed E-state index contributed by atoms with van der Waals surface area (Å²) in [7, 11) is 1.90. The molecule has 2 N–H and O–H groups in total. The van der Waals surface area contributed by atoms with Gasteiger partial charge in [0.2, 0.25) is 0 Å². The molecule has 0 spiro atoms. The first-order valence-corrected chi connectivity index (χ1v) is 6.87. The largest absolute Gasteiger partial charge is 0.373 e. The number of aryl methyl sites for hydroxylation is 1. The van der Waals surface area contributed by atoms with E-state index in [1.807, 2.05) is 14.0 Å². The minimum absolute atomic E-state index is 0.505. The standard InChI is InChI=1S/C14H24N4/c1-5-14(7-6-8-14)9-16-13-10(2)12(15-4)17-11(3)18-13/h5-9H2,1-4H3,(H2,15,16,17,18). The zero-order valence-corrected chi connectivity index (χ0v) is 11.9. The van der Waals surface area contributed by atoms with Crippen molar-refractivity contribution in [3.63, 3.8) is 0 Å². The van der Waals surface area contributed by atoms with Crippen molar-refractivity contribution in [3.8, 4) is 0 Å². The fourth-order valence-corrected chi connectivity index (χ4v) is 2.65. The van der Waals surface area contributed by atoms with E-state index < -0.39 is 0 Å². The molecule has 0 unspecified atom stereocenters. The molecule has 0 atom stereocenters. The van der Waals surface area contributed by atoms with Crippen LogP contribution in [0.2, 0.25) is 0 Å². The van der Waals surface area contributed by atoms with Gasteiger partial charge in [0.15, 0.2) is 0 Å². The maximum absolute atomic E-state index is 4.51. The Bertz CT molecular complexity index is 419. The normalized spacial score (nSPS) is 17.1. The van der Waals surface area contributed by atoms with E-state index in [2.05, 4.69) is 34.4 Å². The van der Waals surface area contributed by atoms with Crippen LogP contribution in [0.25, 0.3) is 0 Å². The second-order valence-electron chi connectivity index (χ2n) is 5.40. The summed E-state index contributed by atoms with van der Waals surface area (Å²) in [5.74, 6) is 2.71. The Hall–Kier alpha value is -1.32. The molecule has 1 aromatic rings. The Morgan fingerprint density at radius 1 is 1.17 bits per heavy atom. The average molecular weight is 248 g/mol. The zero-order valence-electron chi connectivity index (χ0n) is 11.9. The number of hydrogen-bond acceptors (Lipinski definition) is 4. The first kappa shape index (κ1) is 13.1. The number of rotatable bonds is 5. The molecule has 0 saturated heterocycles. The molecule has 18 heavy (non-hydrogen) atoms. The van der Waals surface area contributed by atoms with Gasteiger partial charge in [0.1, 0.15) is 17.5 Å². The lowest BCUT2D eigenvalue weighted by Gasteiger charge is -2.41. The first-order valence-electron chi connectivity index (χ1n) is 6.87. The molecule has 1 aromatic heterocycles. The van der Waals surface area contributed by atoms with Gasteiger partial charge in [-0.15, -0.1) is 0 Å². The van der Waals surface area contributed by atoms with Gasteiger partial charge in [-0.2, -0.15) is 0 Å². The Morgan fingerprint density at radius 3 is 2.33 bits per heavy atom. The van der Waals surface area contributed by atoms with E-state index in [0.29, 0.717) is 5.41 Å². The first-order chi connectivity index (χ1) is 8.60. The molecular weight excluding hydrogens is 224 g/mol. The molecule has 0 bridgehead atoms. The minimum atomic E-state index is 0.505. The Morgan fingerprint density at radius 2 is 1.83 bits per heavy atom. The molecule has 1 fully saturated rings. The van der Waals surface area contributed by atoms with Crippen LogP contribution in [-0.4, -0.2) is 23.6 Å². The third kappa shape index (κ3) is 2.42. The van der Waals surface area contributed by atoms with Gasteiger partial charge in [-0.3, -0.25) is 0 Å². The van der Waals surface area contributed by atoms with E-state index >= 15 is 0 Å². The lowest BCUT2D eigenvalue weighted by atomic mass is 9.67. The molecule has 0 radical (unpaired) electrons. The van der Waals surface area contributed by atoms with Crippen LogP contribution in [0.1, 0.15) is 44.0 Å². The molecule has 1 aliphatic carbocycles. The SMILES string of the molecule is CCC1(CNc2nc(C)nc(NC)c2C)CCC1. The minimum Gasteiger partial charge on any atom is -0.373 e. The fraction of sp³-hybridized carbons (Fsp3) is 0.714. The third-order valence-corrected chi connectivity index (χ3v) is 4.29. The van der Waals surface area contributed by atoms with Crippen molar-refractivity contribution in [3.05, 3.63) is 11.4 Å². The van der Waals surface area contributed by atoms with Crippen molar-refractivity contribution in [2.24, 2.45) is 5.41 Å². The Labute approximate surface area is 110 Å². The van der Waals surface area contributed by atoms with E-state index in [1.54, 1.807) is 0 Å². The van der Waals surface area contributed by atoms with Crippen LogP contribution in [0.4, 0.5) is 11.6 Å². The maximum Gasteiger partial charge on any atom is 0.134 e. The number of aromatic nitrogens is 2. The smallest absolute Gasteiger partial charge is 0.134 e. The molecule has 4 nitrogen and oxygen atoms in total. The maximum atomic E-state index is 4.51. The van der Waals surface area contributed by atoms with Gasteiger partial charge in [0.05, 0.1) is 0 Å². The van der Waals surface area contributed by atoms with Crippen molar-refractivity contribution < 1.29 is 0 Å². The van der Waals surface area contributed by atoms with Gasteiger partial charge in [0.25, 0.3) is 0 Å². The van der Waals surface area contributed by atoms with E-state index in [1.165, 1.54) is 25.7 Å². The summed E-state index contributed by atoms with van der Waals surface area (Å²) < 4.78 is 0. The second-order valence-corrected chi connectivity index (χ2v) is 5.40. The monoisotopic (exact) mass is 248 g/mol. The van der Waals surface area contributed by atoms with E-state index in [9.17, 15) is 0 Å². The molecule has 1 heterocycles. The van der Waals surface area contributed by atoms with Gasteiger partial charge in [-0.05, 0) is 38.5 Å². The topological polar surface area (TPSA) is 49.8 Å². The molecule has 1 aliphatic rings. The van der Waals surface area contributed by atoms with Crippen LogP contribution in [0.3, 0.4) is 0 Å². The van der Waals surface area contributed by atoms with Gasteiger partial charge >= 0.3 is 0 Å². The molecule has 4 heteroatoms. The molecular formula is C14H24N4. The van der Waals surface area contributed by atoms with Crippen LogP contribution >= 0.6 is 0 Å². The summed E-state index contributed by atoms with van der Waals surface area (Å²) in [6.07, 6.45) is 5.32. The highest BCUT2D eigenvalue weighted by Gasteiger charge is 2.34. The van der Waals surface area contributed by atoms with E-state index in [0.717, 1.165) is 29.6 Å². The fourth-order valence-electron chi connectivity index (χ4n) is 2.65. The van der Waals surface area contributed by atoms with Crippen molar-refractivity contribution in [1.82, 2.24) is 9.97 Å². The summed E-state index contributed by atoms with van der Waals surface area (Å²) >= 11 is 0. The van der Waals surface area contributed by atoms with Crippen LogP contribution in [0.15, 0.2) is 0 Å². The van der Waals surface area contributed by atoms with Crippen molar-refractivity contribution in [2.75, 3.05) is 24.2 Å². The number of anilines is 2. The predicted octanol–water partition coefficient (Wildman–Crippen LogP) is 3.13. The molecule has 0 amide bonds. The Balaban J connectivity index is 2.11. The van der Waals surface area contributed by atoms with Gasteiger partial charge in [0, 0.05) is 19.2 Å². The van der Waals surface area contributed by atoms with Crippen molar-refractivity contribution in [1.29, 1.82) is 0 Å². The predicted molar refractivity (Wildman–Crippen MR) is 76.1 cm³/mol. The highest BCUT2D eigenvalue weighted by Crippen LogP contribution is 2.43. The Kier molecular flexibility index (Phi) is 3.73. The number of nitrogens with zero attached hydrogens (tertiary/aromatic N) is 2. The number of nitrogens with one attached hydrogen (secondary N) is 2. The molecule has 100 valence electrons. The van der Waals surface area contributed by atoms with Crippen LogP contribution < -0.4 is 10.6 Å². The molecule has 2 rings (SSSR count). The second kappa shape index (κ2) is 5.12. The summed E-state index contributed by atoms with van der Waals surface area (Å²) in [6.45, 7) is 7.32. The van der Waals surface area contributed by atoms with E-state index in [4.69, 9.17) is 0 Å². The molecule has 0 aliphatic heterocycles. The van der Waals surface area contributed by atoms with E-state index in [-0.39, 0.29) is 0 Å². The lowest BCUT2D eigenvalue weighted by molar-refractivity contribution is 0.145.